The molecule has 0 aliphatic heterocycles. The van der Waals surface area contributed by atoms with Crippen molar-refractivity contribution in [2.45, 2.75) is 32.1 Å². The number of H-pyrrole nitrogens is 1. The summed E-state index contributed by atoms with van der Waals surface area (Å²) in [5.74, 6) is -1.19. The molecular formula is C11H18N2O4S. The topological polar surface area (TPSA) is 99.3 Å². The molecule has 0 spiro atoms. The molecule has 0 unspecified atom stereocenters. The van der Waals surface area contributed by atoms with Gasteiger partial charge in [0.25, 0.3) is 0 Å². The van der Waals surface area contributed by atoms with E-state index >= 15 is 0 Å². The highest BCUT2D eigenvalue weighted by Crippen LogP contribution is 2.19. The monoisotopic (exact) mass is 274 g/mol. The van der Waals surface area contributed by atoms with E-state index in [2.05, 4.69) is 9.71 Å². The Bertz CT molecular complexity index is 531. The highest BCUT2D eigenvalue weighted by molar-refractivity contribution is 7.89. The van der Waals surface area contributed by atoms with Crippen molar-refractivity contribution in [1.29, 1.82) is 0 Å². The lowest BCUT2D eigenvalue weighted by Gasteiger charge is -2.22. The molecule has 3 N–H and O–H groups in total. The molecule has 0 aliphatic rings. The number of aromatic nitrogens is 1. The van der Waals surface area contributed by atoms with Gasteiger partial charge in [-0.05, 0) is 17.9 Å². The smallest absolute Gasteiger partial charge is 0.352 e. The van der Waals surface area contributed by atoms with Crippen LogP contribution >= 0.6 is 0 Å². The minimum atomic E-state index is -3.66. The molecule has 0 radical (unpaired) electrons. The number of hydrogen-bond donors (Lipinski definition) is 3. The van der Waals surface area contributed by atoms with E-state index in [0.717, 1.165) is 12.5 Å². The van der Waals surface area contributed by atoms with E-state index in [-0.39, 0.29) is 16.0 Å². The van der Waals surface area contributed by atoms with Gasteiger partial charge in [-0.25, -0.2) is 17.9 Å². The van der Waals surface area contributed by atoms with E-state index in [1.807, 2.05) is 20.8 Å². The standard InChI is InChI=1S/C11H18N2O4S/c1-4-11(2,3)7-13-18(16,17)8-5-9(10(14)15)12-6-8/h5-6,12-13H,4,7H2,1-3H3,(H,14,15). The molecule has 102 valence electrons. The molecule has 1 aromatic rings. The van der Waals surface area contributed by atoms with Gasteiger partial charge in [0.05, 0.1) is 0 Å². The molecule has 0 aliphatic carbocycles. The largest absolute Gasteiger partial charge is 0.477 e. The van der Waals surface area contributed by atoms with Crippen LogP contribution in [-0.2, 0) is 10.0 Å². The lowest BCUT2D eigenvalue weighted by molar-refractivity contribution is 0.0691. The molecule has 0 bridgehead atoms. The molecule has 0 saturated heterocycles. The van der Waals surface area contributed by atoms with Crippen LogP contribution in [0.25, 0.3) is 0 Å². The Balaban J connectivity index is 2.83. The number of carboxylic acid groups (broad SMARTS) is 1. The van der Waals surface area contributed by atoms with Crippen LogP contribution in [0.1, 0.15) is 37.7 Å². The number of nitrogens with one attached hydrogen (secondary N) is 2. The van der Waals surface area contributed by atoms with E-state index in [4.69, 9.17) is 5.11 Å². The van der Waals surface area contributed by atoms with Crippen molar-refractivity contribution >= 4 is 16.0 Å². The SMILES string of the molecule is CCC(C)(C)CNS(=O)(=O)c1c[nH]c(C(=O)O)c1. The Labute approximate surface area is 106 Å². The molecule has 0 aromatic carbocycles. The lowest BCUT2D eigenvalue weighted by Crippen LogP contribution is -2.33. The summed E-state index contributed by atoms with van der Waals surface area (Å²) in [5, 5.41) is 8.71. The fraction of sp³-hybridized carbons (Fsp3) is 0.545. The molecule has 1 rings (SSSR count). The first-order chi connectivity index (χ1) is 8.18. The van der Waals surface area contributed by atoms with E-state index < -0.39 is 16.0 Å². The molecule has 0 amide bonds. The van der Waals surface area contributed by atoms with Gasteiger partial charge in [-0.2, -0.15) is 0 Å². The van der Waals surface area contributed by atoms with Gasteiger partial charge in [0.1, 0.15) is 10.6 Å². The minimum Gasteiger partial charge on any atom is -0.477 e. The first-order valence-electron chi connectivity index (χ1n) is 5.59. The van der Waals surface area contributed by atoms with Crippen LogP contribution in [0.5, 0.6) is 0 Å². The second kappa shape index (κ2) is 5.11. The minimum absolute atomic E-state index is 0.0631. The number of sulfonamides is 1. The van der Waals surface area contributed by atoms with Crippen molar-refractivity contribution in [2.24, 2.45) is 5.41 Å². The predicted octanol–water partition coefficient (Wildman–Crippen LogP) is 1.43. The average molecular weight is 274 g/mol. The van der Waals surface area contributed by atoms with Crippen molar-refractivity contribution in [3.63, 3.8) is 0 Å². The summed E-state index contributed by atoms with van der Waals surface area (Å²) in [5.41, 5.74) is -0.288. The third-order valence-electron chi connectivity index (χ3n) is 2.90. The summed E-state index contributed by atoms with van der Waals surface area (Å²) >= 11 is 0. The zero-order chi connectivity index (χ0) is 14.0. The van der Waals surface area contributed by atoms with Crippen LogP contribution in [0.4, 0.5) is 0 Å². The third kappa shape index (κ3) is 3.58. The van der Waals surface area contributed by atoms with E-state index in [9.17, 15) is 13.2 Å². The molecule has 18 heavy (non-hydrogen) atoms. The second-order valence-corrected chi connectivity index (χ2v) is 6.66. The number of aromatic carboxylic acids is 1. The summed E-state index contributed by atoms with van der Waals surface area (Å²) < 4.78 is 26.3. The molecule has 1 heterocycles. The van der Waals surface area contributed by atoms with Crippen molar-refractivity contribution in [1.82, 2.24) is 9.71 Å². The maximum absolute atomic E-state index is 11.9. The summed E-state index contributed by atoms with van der Waals surface area (Å²) in [6.07, 6.45) is 2.01. The van der Waals surface area contributed by atoms with Crippen molar-refractivity contribution < 1.29 is 18.3 Å². The number of carboxylic acids is 1. The van der Waals surface area contributed by atoms with Crippen molar-refractivity contribution in [3.8, 4) is 0 Å². The Hall–Kier alpha value is -1.34. The highest BCUT2D eigenvalue weighted by Gasteiger charge is 2.22. The summed E-state index contributed by atoms with van der Waals surface area (Å²) in [6, 6.07) is 1.10. The Kier molecular flexibility index (Phi) is 4.18. The second-order valence-electron chi connectivity index (χ2n) is 4.90. The first-order valence-corrected chi connectivity index (χ1v) is 7.07. The predicted molar refractivity (Wildman–Crippen MR) is 67.0 cm³/mol. The van der Waals surface area contributed by atoms with Crippen LogP contribution in [0.3, 0.4) is 0 Å². The normalized spacial score (nSPS) is 12.6. The molecule has 1 aromatic heterocycles. The third-order valence-corrected chi connectivity index (χ3v) is 4.28. The zero-order valence-electron chi connectivity index (χ0n) is 10.6. The molecule has 7 heteroatoms. The van der Waals surface area contributed by atoms with Gasteiger partial charge in [-0.3, -0.25) is 0 Å². The van der Waals surface area contributed by atoms with Crippen molar-refractivity contribution in [2.75, 3.05) is 6.54 Å². The van der Waals surface area contributed by atoms with Crippen LogP contribution in [-0.4, -0.2) is 31.0 Å². The average Bonchev–Trinajstić information content (AvgIpc) is 2.77. The quantitative estimate of drug-likeness (QED) is 0.730. The summed E-state index contributed by atoms with van der Waals surface area (Å²) in [4.78, 5) is 13.0. The molecular weight excluding hydrogens is 256 g/mol. The Morgan fingerprint density at radius 1 is 1.50 bits per heavy atom. The fourth-order valence-electron chi connectivity index (χ4n) is 1.15. The van der Waals surface area contributed by atoms with E-state index in [1.165, 1.54) is 6.20 Å². The van der Waals surface area contributed by atoms with Gasteiger partial charge in [0.2, 0.25) is 10.0 Å². The lowest BCUT2D eigenvalue weighted by atomic mass is 9.91. The van der Waals surface area contributed by atoms with Crippen LogP contribution in [0.15, 0.2) is 17.2 Å². The highest BCUT2D eigenvalue weighted by atomic mass is 32.2. The van der Waals surface area contributed by atoms with E-state index in [1.54, 1.807) is 0 Å². The van der Waals surface area contributed by atoms with Gasteiger partial charge >= 0.3 is 5.97 Å². The van der Waals surface area contributed by atoms with E-state index in [0.29, 0.717) is 6.54 Å². The number of rotatable bonds is 6. The Morgan fingerprint density at radius 3 is 2.56 bits per heavy atom. The van der Waals surface area contributed by atoms with Crippen LogP contribution < -0.4 is 4.72 Å². The van der Waals surface area contributed by atoms with Gasteiger partial charge in [0, 0.05) is 12.7 Å². The molecule has 6 nitrogen and oxygen atoms in total. The number of aromatic amines is 1. The maximum atomic E-state index is 11.9. The van der Waals surface area contributed by atoms with Gasteiger partial charge < -0.3 is 10.1 Å². The van der Waals surface area contributed by atoms with Crippen LogP contribution in [0.2, 0.25) is 0 Å². The number of hydrogen-bond acceptors (Lipinski definition) is 3. The summed E-state index contributed by atoms with van der Waals surface area (Å²) in [7, 11) is -3.66. The number of carbonyl (C=O) groups is 1. The van der Waals surface area contributed by atoms with Gasteiger partial charge in [-0.1, -0.05) is 20.8 Å². The van der Waals surface area contributed by atoms with Gasteiger partial charge in [0.15, 0.2) is 0 Å². The van der Waals surface area contributed by atoms with Crippen molar-refractivity contribution in [3.05, 3.63) is 18.0 Å². The van der Waals surface area contributed by atoms with Crippen LogP contribution in [0, 0.1) is 5.41 Å². The Morgan fingerprint density at radius 2 is 2.11 bits per heavy atom. The van der Waals surface area contributed by atoms with Gasteiger partial charge in [-0.15, -0.1) is 0 Å². The fourth-order valence-corrected chi connectivity index (χ4v) is 2.39. The maximum Gasteiger partial charge on any atom is 0.352 e. The molecule has 0 saturated carbocycles. The molecule has 0 fully saturated rings. The molecule has 0 atom stereocenters. The zero-order valence-corrected chi connectivity index (χ0v) is 11.5. The first kappa shape index (κ1) is 14.7. The summed E-state index contributed by atoms with van der Waals surface area (Å²) in [6.45, 7) is 6.19.